The number of rotatable bonds is 5. The van der Waals surface area contributed by atoms with Crippen molar-refractivity contribution >= 4 is 21.9 Å². The van der Waals surface area contributed by atoms with E-state index in [0.29, 0.717) is 12.2 Å². The normalized spacial score (nSPS) is 10.5. The lowest BCUT2D eigenvalue weighted by Crippen LogP contribution is -2.01. The molecule has 4 nitrogen and oxygen atoms in total. The van der Waals surface area contributed by atoms with Crippen LogP contribution in [0.3, 0.4) is 0 Å². The molecule has 94 valence electrons. The van der Waals surface area contributed by atoms with Gasteiger partial charge in [0.15, 0.2) is 0 Å². The Morgan fingerprint density at radius 2 is 2.17 bits per heavy atom. The van der Waals surface area contributed by atoms with Crippen LogP contribution in [-0.4, -0.2) is 11.1 Å². The number of halogens is 1. The second-order valence-electron chi connectivity index (χ2n) is 3.70. The summed E-state index contributed by atoms with van der Waals surface area (Å²) < 4.78 is 11.3. The van der Waals surface area contributed by atoms with Gasteiger partial charge in [0.2, 0.25) is 5.76 Å². The van der Waals surface area contributed by atoms with E-state index in [1.165, 1.54) is 6.26 Å². The molecule has 5 heteroatoms. The standard InChI is InChI=1S/C13H11BrO4/c14-11-3-1-2-9(6-11)7-17-8-10-4-5-18-12(10)13(15)16/h1-6H,7-8H2,(H,15,16). The average molecular weight is 311 g/mol. The van der Waals surface area contributed by atoms with Crippen LogP contribution in [0.4, 0.5) is 0 Å². The highest BCUT2D eigenvalue weighted by molar-refractivity contribution is 9.10. The first kappa shape index (κ1) is 12.9. The SMILES string of the molecule is O=C(O)c1occc1COCc1cccc(Br)c1. The predicted molar refractivity (Wildman–Crippen MR) is 68.3 cm³/mol. The third-order valence-electron chi connectivity index (χ3n) is 2.36. The van der Waals surface area contributed by atoms with Gasteiger partial charge in [0.25, 0.3) is 0 Å². The maximum absolute atomic E-state index is 10.8. The quantitative estimate of drug-likeness (QED) is 0.918. The van der Waals surface area contributed by atoms with Crippen molar-refractivity contribution in [3.05, 3.63) is 58.0 Å². The monoisotopic (exact) mass is 310 g/mol. The molecule has 0 aliphatic rings. The molecule has 0 fully saturated rings. The fraction of sp³-hybridized carbons (Fsp3) is 0.154. The molecule has 0 radical (unpaired) electrons. The molecule has 0 saturated heterocycles. The topological polar surface area (TPSA) is 59.7 Å². The molecule has 0 unspecified atom stereocenters. The third kappa shape index (κ3) is 3.21. The van der Waals surface area contributed by atoms with E-state index in [1.807, 2.05) is 24.3 Å². The zero-order chi connectivity index (χ0) is 13.0. The zero-order valence-electron chi connectivity index (χ0n) is 9.43. The third-order valence-corrected chi connectivity index (χ3v) is 2.85. The highest BCUT2D eigenvalue weighted by Crippen LogP contribution is 2.15. The minimum absolute atomic E-state index is 0.0655. The van der Waals surface area contributed by atoms with Gasteiger partial charge in [0.05, 0.1) is 19.5 Å². The Morgan fingerprint density at radius 1 is 1.33 bits per heavy atom. The number of aromatic carboxylic acids is 1. The summed E-state index contributed by atoms with van der Waals surface area (Å²) in [5.74, 6) is -1.15. The van der Waals surface area contributed by atoms with E-state index in [1.54, 1.807) is 6.07 Å². The second-order valence-corrected chi connectivity index (χ2v) is 4.62. The number of ether oxygens (including phenoxy) is 1. The first-order valence-electron chi connectivity index (χ1n) is 5.28. The van der Waals surface area contributed by atoms with Crippen molar-refractivity contribution in [1.82, 2.24) is 0 Å². The van der Waals surface area contributed by atoms with E-state index >= 15 is 0 Å². The Labute approximate surface area is 112 Å². The molecule has 1 heterocycles. The fourth-order valence-corrected chi connectivity index (χ4v) is 1.99. The minimum atomic E-state index is -1.08. The first-order valence-corrected chi connectivity index (χ1v) is 6.08. The van der Waals surface area contributed by atoms with Crippen molar-refractivity contribution in [2.75, 3.05) is 0 Å². The van der Waals surface area contributed by atoms with Crippen LogP contribution in [0, 0.1) is 0 Å². The van der Waals surface area contributed by atoms with Gasteiger partial charge in [-0.15, -0.1) is 0 Å². The van der Waals surface area contributed by atoms with Crippen LogP contribution >= 0.6 is 15.9 Å². The van der Waals surface area contributed by atoms with Crippen molar-refractivity contribution in [1.29, 1.82) is 0 Å². The van der Waals surface area contributed by atoms with Crippen molar-refractivity contribution in [2.45, 2.75) is 13.2 Å². The molecule has 0 amide bonds. The van der Waals surface area contributed by atoms with E-state index in [2.05, 4.69) is 15.9 Å². The van der Waals surface area contributed by atoms with E-state index in [0.717, 1.165) is 10.0 Å². The van der Waals surface area contributed by atoms with Crippen molar-refractivity contribution < 1.29 is 19.1 Å². The van der Waals surface area contributed by atoms with E-state index in [9.17, 15) is 4.79 Å². The molecule has 0 bridgehead atoms. The van der Waals surface area contributed by atoms with Crippen molar-refractivity contribution in [3.63, 3.8) is 0 Å². The Morgan fingerprint density at radius 3 is 2.89 bits per heavy atom. The molecule has 0 aliphatic carbocycles. The number of benzene rings is 1. The van der Waals surface area contributed by atoms with Gasteiger partial charge in [-0.3, -0.25) is 0 Å². The summed E-state index contributed by atoms with van der Waals surface area (Å²) in [4.78, 5) is 10.8. The van der Waals surface area contributed by atoms with Gasteiger partial charge >= 0.3 is 5.97 Å². The summed E-state index contributed by atoms with van der Waals surface area (Å²) in [6.07, 6.45) is 1.35. The first-order chi connectivity index (χ1) is 8.66. The molecule has 0 aliphatic heterocycles. The molecular formula is C13H11BrO4. The summed E-state index contributed by atoms with van der Waals surface area (Å²) in [6.45, 7) is 0.633. The Kier molecular flexibility index (Phi) is 4.17. The largest absolute Gasteiger partial charge is 0.475 e. The van der Waals surface area contributed by atoms with Gasteiger partial charge in [0.1, 0.15) is 0 Å². The summed E-state index contributed by atoms with van der Waals surface area (Å²) in [6, 6.07) is 9.35. The fourth-order valence-electron chi connectivity index (χ4n) is 1.54. The van der Waals surface area contributed by atoms with E-state index in [4.69, 9.17) is 14.3 Å². The maximum atomic E-state index is 10.8. The predicted octanol–water partition coefficient (Wildman–Crippen LogP) is 3.46. The van der Waals surface area contributed by atoms with E-state index < -0.39 is 5.97 Å². The molecule has 1 aromatic heterocycles. The number of carboxylic acid groups (broad SMARTS) is 1. The Balaban J connectivity index is 1.92. The van der Waals surface area contributed by atoms with Crippen LogP contribution in [-0.2, 0) is 18.0 Å². The molecule has 18 heavy (non-hydrogen) atoms. The number of furan rings is 1. The van der Waals surface area contributed by atoms with Gasteiger partial charge in [-0.1, -0.05) is 28.1 Å². The summed E-state index contributed by atoms with van der Waals surface area (Å²) in [5, 5.41) is 8.85. The van der Waals surface area contributed by atoms with Gasteiger partial charge in [-0.2, -0.15) is 0 Å². The Bertz CT molecular complexity index is 547. The molecule has 0 atom stereocenters. The molecular weight excluding hydrogens is 300 g/mol. The molecule has 0 saturated carbocycles. The smallest absolute Gasteiger partial charge is 0.372 e. The minimum Gasteiger partial charge on any atom is -0.475 e. The van der Waals surface area contributed by atoms with Gasteiger partial charge in [0, 0.05) is 10.0 Å². The van der Waals surface area contributed by atoms with Crippen molar-refractivity contribution in [2.24, 2.45) is 0 Å². The highest BCUT2D eigenvalue weighted by Gasteiger charge is 2.13. The van der Waals surface area contributed by atoms with E-state index in [-0.39, 0.29) is 12.4 Å². The Hall–Kier alpha value is -1.59. The van der Waals surface area contributed by atoms with Crippen LogP contribution < -0.4 is 0 Å². The van der Waals surface area contributed by atoms with Crippen LogP contribution in [0.2, 0.25) is 0 Å². The van der Waals surface area contributed by atoms with Crippen LogP contribution in [0.1, 0.15) is 21.7 Å². The molecule has 2 aromatic rings. The lowest BCUT2D eigenvalue weighted by Gasteiger charge is -2.04. The number of carbonyl (C=O) groups is 1. The number of hydrogen-bond donors (Lipinski definition) is 1. The van der Waals surface area contributed by atoms with Gasteiger partial charge in [-0.25, -0.2) is 4.79 Å². The lowest BCUT2D eigenvalue weighted by atomic mass is 10.2. The maximum Gasteiger partial charge on any atom is 0.372 e. The molecule has 1 N–H and O–H groups in total. The van der Waals surface area contributed by atoms with Gasteiger partial charge in [-0.05, 0) is 23.8 Å². The number of hydrogen-bond acceptors (Lipinski definition) is 3. The molecule has 1 aromatic carbocycles. The van der Waals surface area contributed by atoms with Gasteiger partial charge < -0.3 is 14.3 Å². The molecule has 0 spiro atoms. The van der Waals surface area contributed by atoms with Crippen LogP contribution in [0.15, 0.2) is 45.5 Å². The molecule has 2 rings (SSSR count). The van der Waals surface area contributed by atoms with Crippen LogP contribution in [0.5, 0.6) is 0 Å². The van der Waals surface area contributed by atoms with Crippen LogP contribution in [0.25, 0.3) is 0 Å². The second kappa shape index (κ2) is 5.84. The zero-order valence-corrected chi connectivity index (χ0v) is 11.0. The highest BCUT2D eigenvalue weighted by atomic mass is 79.9. The summed E-state index contributed by atoms with van der Waals surface area (Å²) in [7, 11) is 0. The number of carboxylic acids is 1. The summed E-state index contributed by atoms with van der Waals surface area (Å²) >= 11 is 3.38. The average Bonchev–Trinajstić information content (AvgIpc) is 2.77. The van der Waals surface area contributed by atoms with Crippen molar-refractivity contribution in [3.8, 4) is 0 Å². The summed E-state index contributed by atoms with van der Waals surface area (Å²) in [5.41, 5.74) is 1.56. The lowest BCUT2D eigenvalue weighted by molar-refractivity contribution is 0.0646.